The number of carbonyl (C=O) groups is 2. The largest absolute Gasteiger partial charge is 0.508 e. The van der Waals surface area contributed by atoms with E-state index in [0.29, 0.717) is 39.8 Å². The highest BCUT2D eigenvalue weighted by Crippen LogP contribution is 2.33. The van der Waals surface area contributed by atoms with E-state index in [1.807, 2.05) is 31.2 Å². The van der Waals surface area contributed by atoms with E-state index in [4.69, 9.17) is 0 Å². The zero-order valence-corrected chi connectivity index (χ0v) is 16.5. The number of ketones is 1. The van der Waals surface area contributed by atoms with Gasteiger partial charge in [-0.25, -0.2) is 0 Å². The maximum absolute atomic E-state index is 13.3. The number of aromatic nitrogens is 2. The van der Waals surface area contributed by atoms with Gasteiger partial charge in [-0.05, 0) is 41.8 Å². The molecule has 3 N–H and O–H groups in total. The summed E-state index contributed by atoms with van der Waals surface area (Å²) in [6, 6.07) is 19.3. The molecule has 1 amide bonds. The van der Waals surface area contributed by atoms with Gasteiger partial charge in [0.15, 0.2) is 11.6 Å². The van der Waals surface area contributed by atoms with E-state index < -0.39 is 0 Å². The second-order valence-corrected chi connectivity index (χ2v) is 7.06. The van der Waals surface area contributed by atoms with Crippen LogP contribution in [-0.2, 0) is 4.79 Å². The minimum absolute atomic E-state index is 0.121. The maximum Gasteiger partial charge on any atom is 0.225 e. The molecule has 0 aliphatic carbocycles. The molecular formula is C24H21N3O3. The molecule has 0 radical (unpaired) electrons. The molecule has 0 bridgehead atoms. The predicted molar refractivity (Wildman–Crippen MR) is 117 cm³/mol. The molecule has 6 nitrogen and oxygen atoms in total. The second kappa shape index (κ2) is 8.21. The first-order valence-corrected chi connectivity index (χ1v) is 9.78. The van der Waals surface area contributed by atoms with E-state index in [-0.39, 0.29) is 17.4 Å². The summed E-state index contributed by atoms with van der Waals surface area (Å²) in [6.07, 6.45) is 1.13. The van der Waals surface area contributed by atoms with Crippen molar-refractivity contribution < 1.29 is 14.7 Å². The zero-order chi connectivity index (χ0) is 21.1. The Morgan fingerprint density at radius 2 is 1.77 bits per heavy atom. The highest BCUT2D eigenvalue weighted by atomic mass is 16.3. The number of phenols is 1. The van der Waals surface area contributed by atoms with Gasteiger partial charge in [-0.1, -0.05) is 49.4 Å². The first-order chi connectivity index (χ1) is 14.6. The smallest absolute Gasteiger partial charge is 0.225 e. The van der Waals surface area contributed by atoms with Crippen molar-refractivity contribution in [3.8, 4) is 16.9 Å². The predicted octanol–water partition coefficient (Wildman–Crippen LogP) is 4.91. The molecule has 0 aliphatic rings. The molecule has 4 rings (SSSR count). The van der Waals surface area contributed by atoms with Gasteiger partial charge in [0.25, 0.3) is 0 Å². The van der Waals surface area contributed by atoms with Gasteiger partial charge in [-0.2, -0.15) is 5.10 Å². The van der Waals surface area contributed by atoms with Gasteiger partial charge >= 0.3 is 0 Å². The van der Waals surface area contributed by atoms with Crippen molar-refractivity contribution in [2.75, 3.05) is 5.32 Å². The standard InChI is InChI=1S/C24H21N3O3/c1-2-6-22(29)25-24-20-13-19(23(30)16-7-4-3-5-8-16)18(14-21(20)26-27-24)15-9-11-17(28)12-10-15/h3-5,7-14,28H,2,6H2,1H3,(H2,25,26,27,29). The molecule has 0 saturated heterocycles. The van der Waals surface area contributed by atoms with Crippen molar-refractivity contribution in [3.05, 3.63) is 77.9 Å². The number of nitrogens with one attached hydrogen (secondary N) is 2. The Kier molecular flexibility index (Phi) is 5.30. The molecule has 6 heteroatoms. The van der Waals surface area contributed by atoms with Crippen molar-refractivity contribution in [2.45, 2.75) is 19.8 Å². The Balaban J connectivity index is 1.87. The number of hydrogen-bond donors (Lipinski definition) is 3. The molecule has 150 valence electrons. The molecule has 0 aliphatic heterocycles. The number of aromatic amines is 1. The summed E-state index contributed by atoms with van der Waals surface area (Å²) >= 11 is 0. The number of carbonyl (C=O) groups excluding carboxylic acids is 2. The number of hydrogen-bond acceptors (Lipinski definition) is 4. The first-order valence-electron chi connectivity index (χ1n) is 9.78. The molecule has 0 unspecified atom stereocenters. The van der Waals surface area contributed by atoms with E-state index in [9.17, 15) is 14.7 Å². The quantitative estimate of drug-likeness (QED) is 0.402. The van der Waals surface area contributed by atoms with Crippen molar-refractivity contribution in [2.24, 2.45) is 0 Å². The third-order valence-electron chi connectivity index (χ3n) is 4.89. The minimum Gasteiger partial charge on any atom is -0.508 e. The highest BCUT2D eigenvalue weighted by Gasteiger charge is 2.19. The topological polar surface area (TPSA) is 95.1 Å². The van der Waals surface area contributed by atoms with Crippen LogP contribution in [0, 0.1) is 0 Å². The third kappa shape index (κ3) is 3.80. The van der Waals surface area contributed by atoms with Crippen LogP contribution in [-0.4, -0.2) is 27.0 Å². The van der Waals surface area contributed by atoms with Crippen LogP contribution in [0.25, 0.3) is 22.0 Å². The molecule has 4 aromatic rings. The number of phenolic OH excluding ortho intramolecular Hbond substituents is 1. The van der Waals surface area contributed by atoms with Gasteiger partial charge in [0.2, 0.25) is 5.91 Å². The molecule has 0 saturated carbocycles. The maximum atomic E-state index is 13.3. The number of benzene rings is 3. The van der Waals surface area contributed by atoms with Gasteiger partial charge in [-0.3, -0.25) is 14.7 Å². The van der Waals surface area contributed by atoms with Crippen LogP contribution in [0.3, 0.4) is 0 Å². The van der Waals surface area contributed by atoms with Crippen molar-refractivity contribution in [3.63, 3.8) is 0 Å². The fraction of sp³-hybridized carbons (Fsp3) is 0.125. The average molecular weight is 399 g/mol. The highest BCUT2D eigenvalue weighted by molar-refractivity contribution is 6.16. The minimum atomic E-state index is -0.132. The van der Waals surface area contributed by atoms with Crippen LogP contribution in [0.1, 0.15) is 35.7 Å². The summed E-state index contributed by atoms with van der Waals surface area (Å²) in [4.78, 5) is 25.4. The number of rotatable bonds is 6. The summed E-state index contributed by atoms with van der Waals surface area (Å²) in [5, 5.41) is 20.3. The molecule has 1 heterocycles. The summed E-state index contributed by atoms with van der Waals surface area (Å²) in [7, 11) is 0. The SMILES string of the molecule is CCCC(=O)Nc1n[nH]c2cc(-c3ccc(O)cc3)c(C(=O)c3ccccc3)cc12. The lowest BCUT2D eigenvalue weighted by atomic mass is 9.92. The normalized spacial score (nSPS) is 10.8. The van der Waals surface area contributed by atoms with E-state index in [1.165, 1.54) is 0 Å². The fourth-order valence-electron chi connectivity index (χ4n) is 3.39. The number of nitrogens with zero attached hydrogens (tertiary/aromatic N) is 1. The van der Waals surface area contributed by atoms with Crippen LogP contribution in [0.2, 0.25) is 0 Å². The Morgan fingerprint density at radius 3 is 2.47 bits per heavy atom. The van der Waals surface area contributed by atoms with Gasteiger partial charge in [-0.15, -0.1) is 0 Å². The summed E-state index contributed by atoms with van der Waals surface area (Å²) in [5.41, 5.74) is 3.27. The Hall–Kier alpha value is -3.93. The Morgan fingerprint density at radius 1 is 1.03 bits per heavy atom. The van der Waals surface area contributed by atoms with E-state index >= 15 is 0 Å². The molecular weight excluding hydrogens is 378 g/mol. The van der Waals surface area contributed by atoms with Crippen molar-refractivity contribution >= 4 is 28.4 Å². The van der Waals surface area contributed by atoms with E-state index in [1.54, 1.807) is 42.5 Å². The molecule has 3 aromatic carbocycles. The number of H-pyrrole nitrogens is 1. The second-order valence-electron chi connectivity index (χ2n) is 7.06. The van der Waals surface area contributed by atoms with Crippen LogP contribution in [0.4, 0.5) is 5.82 Å². The van der Waals surface area contributed by atoms with Crippen molar-refractivity contribution in [1.82, 2.24) is 10.2 Å². The lowest BCUT2D eigenvalue weighted by Crippen LogP contribution is -2.11. The number of amides is 1. The summed E-state index contributed by atoms with van der Waals surface area (Å²) in [5.74, 6) is 0.304. The molecule has 0 fully saturated rings. The van der Waals surface area contributed by atoms with Gasteiger partial charge in [0.05, 0.1) is 5.52 Å². The molecule has 30 heavy (non-hydrogen) atoms. The Bertz CT molecular complexity index is 1210. The van der Waals surface area contributed by atoms with E-state index in [0.717, 1.165) is 12.0 Å². The van der Waals surface area contributed by atoms with Crippen LogP contribution in [0.5, 0.6) is 5.75 Å². The zero-order valence-electron chi connectivity index (χ0n) is 16.5. The van der Waals surface area contributed by atoms with Crippen LogP contribution >= 0.6 is 0 Å². The number of fused-ring (bicyclic) bond motifs is 1. The number of aromatic hydroxyl groups is 1. The molecule has 0 spiro atoms. The average Bonchev–Trinajstić information content (AvgIpc) is 3.15. The summed E-state index contributed by atoms with van der Waals surface area (Å²) in [6.45, 7) is 1.93. The van der Waals surface area contributed by atoms with Crippen LogP contribution in [0.15, 0.2) is 66.7 Å². The van der Waals surface area contributed by atoms with Gasteiger partial charge in [0.1, 0.15) is 5.75 Å². The monoisotopic (exact) mass is 399 g/mol. The Labute approximate surface area is 173 Å². The van der Waals surface area contributed by atoms with Crippen LogP contribution < -0.4 is 5.32 Å². The lowest BCUT2D eigenvalue weighted by molar-refractivity contribution is -0.116. The molecule has 1 aromatic heterocycles. The molecule has 0 atom stereocenters. The van der Waals surface area contributed by atoms with Gasteiger partial charge < -0.3 is 10.4 Å². The van der Waals surface area contributed by atoms with E-state index in [2.05, 4.69) is 15.5 Å². The van der Waals surface area contributed by atoms with Crippen molar-refractivity contribution in [1.29, 1.82) is 0 Å². The van der Waals surface area contributed by atoms with Gasteiger partial charge in [0, 0.05) is 22.9 Å². The third-order valence-corrected chi connectivity index (χ3v) is 4.89. The first kappa shape index (κ1) is 19.4. The lowest BCUT2D eigenvalue weighted by Gasteiger charge is -2.11. The number of anilines is 1. The summed E-state index contributed by atoms with van der Waals surface area (Å²) < 4.78 is 0. The fourth-order valence-corrected chi connectivity index (χ4v) is 3.39.